The van der Waals surface area contributed by atoms with Gasteiger partial charge < -0.3 is 0 Å². The molecular formula is C20H21Cl2N3O3S. The van der Waals surface area contributed by atoms with Gasteiger partial charge in [-0.3, -0.25) is 24.2 Å². The molecule has 3 amide bonds. The molecule has 1 aromatic carbocycles. The van der Waals surface area contributed by atoms with Crippen LogP contribution in [0.4, 0.5) is 5.13 Å². The van der Waals surface area contributed by atoms with E-state index in [9.17, 15) is 14.4 Å². The van der Waals surface area contributed by atoms with E-state index in [2.05, 4.69) is 4.98 Å². The van der Waals surface area contributed by atoms with Crippen molar-refractivity contribution in [2.45, 2.75) is 39.0 Å². The summed E-state index contributed by atoms with van der Waals surface area (Å²) in [6.45, 7) is 2.68. The highest BCUT2D eigenvalue weighted by atomic mass is 35.5. The lowest BCUT2D eigenvalue weighted by Crippen LogP contribution is -2.37. The molecule has 1 saturated heterocycles. The van der Waals surface area contributed by atoms with Crippen molar-refractivity contribution >= 4 is 57.4 Å². The van der Waals surface area contributed by atoms with Crippen LogP contribution in [-0.2, 0) is 14.4 Å². The maximum Gasteiger partial charge on any atom is 0.230 e. The first-order valence-electron chi connectivity index (χ1n) is 9.45. The molecular weight excluding hydrogens is 433 g/mol. The number of anilines is 1. The van der Waals surface area contributed by atoms with Crippen molar-refractivity contribution in [3.05, 3.63) is 33.6 Å². The van der Waals surface area contributed by atoms with Crippen molar-refractivity contribution in [3.63, 3.8) is 0 Å². The van der Waals surface area contributed by atoms with E-state index in [-0.39, 0.29) is 43.5 Å². The molecule has 29 heavy (non-hydrogen) atoms. The smallest absolute Gasteiger partial charge is 0.230 e. The molecule has 0 bridgehead atoms. The van der Waals surface area contributed by atoms with Gasteiger partial charge in [-0.15, -0.1) is 11.3 Å². The fourth-order valence-electron chi connectivity index (χ4n) is 3.07. The third-order valence-electron chi connectivity index (χ3n) is 4.67. The minimum absolute atomic E-state index is 0.0812. The molecule has 0 N–H and O–H groups in total. The highest BCUT2D eigenvalue weighted by molar-refractivity contribution is 7.14. The number of likely N-dealkylation sites (tertiary alicyclic amines) is 1. The number of thiazole rings is 1. The molecule has 1 aliphatic rings. The van der Waals surface area contributed by atoms with Crippen molar-refractivity contribution in [3.8, 4) is 11.3 Å². The van der Waals surface area contributed by atoms with Crippen molar-refractivity contribution < 1.29 is 14.4 Å². The van der Waals surface area contributed by atoms with Crippen LogP contribution < -0.4 is 4.90 Å². The highest BCUT2D eigenvalue weighted by Crippen LogP contribution is 2.33. The molecule has 1 aromatic heterocycles. The second-order valence-electron chi connectivity index (χ2n) is 6.73. The number of aromatic nitrogens is 1. The van der Waals surface area contributed by atoms with Crippen LogP contribution in [-0.4, -0.2) is 40.7 Å². The van der Waals surface area contributed by atoms with Crippen LogP contribution in [0.1, 0.15) is 39.0 Å². The monoisotopic (exact) mass is 453 g/mol. The van der Waals surface area contributed by atoms with Crippen molar-refractivity contribution in [2.24, 2.45) is 0 Å². The number of imide groups is 1. The van der Waals surface area contributed by atoms with Crippen molar-refractivity contribution in [1.82, 2.24) is 9.88 Å². The van der Waals surface area contributed by atoms with Gasteiger partial charge in [0.15, 0.2) is 5.13 Å². The van der Waals surface area contributed by atoms with Gasteiger partial charge in [-0.25, -0.2) is 4.98 Å². The van der Waals surface area contributed by atoms with Gasteiger partial charge in [-0.1, -0.05) is 36.5 Å². The van der Waals surface area contributed by atoms with E-state index in [0.29, 0.717) is 27.4 Å². The van der Waals surface area contributed by atoms with Gasteiger partial charge in [-0.05, 0) is 24.6 Å². The number of hydrogen-bond acceptors (Lipinski definition) is 5. The van der Waals surface area contributed by atoms with Gasteiger partial charge in [0, 0.05) is 48.3 Å². The van der Waals surface area contributed by atoms with Crippen LogP contribution >= 0.6 is 34.5 Å². The molecule has 2 aromatic rings. The maximum atomic E-state index is 12.9. The number of hydrogen-bond donors (Lipinski definition) is 0. The molecule has 1 aliphatic heterocycles. The third kappa shape index (κ3) is 5.15. The molecule has 1 fully saturated rings. The average molecular weight is 454 g/mol. The largest absolute Gasteiger partial charge is 0.288 e. The molecule has 154 valence electrons. The van der Waals surface area contributed by atoms with Gasteiger partial charge >= 0.3 is 0 Å². The van der Waals surface area contributed by atoms with E-state index in [1.807, 2.05) is 12.3 Å². The van der Waals surface area contributed by atoms with Crippen LogP contribution in [0.15, 0.2) is 23.6 Å². The van der Waals surface area contributed by atoms with Crippen LogP contribution in [0, 0.1) is 0 Å². The van der Waals surface area contributed by atoms with Gasteiger partial charge in [0.25, 0.3) is 0 Å². The Morgan fingerprint density at radius 1 is 1.24 bits per heavy atom. The lowest BCUT2D eigenvalue weighted by Gasteiger charge is -2.21. The Kier molecular flexibility index (Phi) is 7.27. The summed E-state index contributed by atoms with van der Waals surface area (Å²) in [6.07, 6.45) is 2.28. The first-order chi connectivity index (χ1) is 13.9. The van der Waals surface area contributed by atoms with Crippen molar-refractivity contribution in [2.75, 3.05) is 18.0 Å². The third-order valence-corrected chi connectivity index (χ3v) is 6.08. The Balaban J connectivity index is 1.76. The number of rotatable bonds is 8. The van der Waals surface area contributed by atoms with Crippen LogP contribution in [0.2, 0.25) is 10.0 Å². The molecule has 3 rings (SSSR count). The lowest BCUT2D eigenvalue weighted by molar-refractivity contribution is -0.138. The topological polar surface area (TPSA) is 70.6 Å². The zero-order chi connectivity index (χ0) is 21.0. The Morgan fingerprint density at radius 3 is 2.62 bits per heavy atom. The molecule has 9 heteroatoms. The predicted molar refractivity (Wildman–Crippen MR) is 115 cm³/mol. The van der Waals surface area contributed by atoms with E-state index in [4.69, 9.17) is 23.2 Å². The lowest BCUT2D eigenvalue weighted by atomic mass is 10.2. The number of nitrogens with zero attached hydrogens (tertiary/aromatic N) is 3. The first kappa shape index (κ1) is 21.7. The van der Waals surface area contributed by atoms with Crippen LogP contribution in [0.25, 0.3) is 11.3 Å². The summed E-state index contributed by atoms with van der Waals surface area (Å²) in [5.74, 6) is -0.581. The normalized spacial score (nSPS) is 14.0. The van der Waals surface area contributed by atoms with E-state index in [0.717, 1.165) is 18.4 Å². The summed E-state index contributed by atoms with van der Waals surface area (Å²) in [5, 5.41) is 3.46. The number of unbranched alkanes of at least 4 members (excludes halogenated alkanes) is 1. The van der Waals surface area contributed by atoms with Gasteiger partial charge in [-0.2, -0.15) is 0 Å². The zero-order valence-electron chi connectivity index (χ0n) is 16.0. The van der Waals surface area contributed by atoms with Gasteiger partial charge in [0.2, 0.25) is 17.7 Å². The number of amides is 3. The predicted octanol–water partition coefficient (Wildman–Crippen LogP) is 4.79. The Labute approximate surface area is 183 Å². The summed E-state index contributed by atoms with van der Waals surface area (Å²) in [5.41, 5.74) is 1.42. The Morgan fingerprint density at radius 2 is 1.97 bits per heavy atom. The van der Waals surface area contributed by atoms with Crippen molar-refractivity contribution in [1.29, 1.82) is 0 Å². The maximum absolute atomic E-state index is 12.9. The summed E-state index contributed by atoms with van der Waals surface area (Å²) in [4.78, 5) is 43.8. The molecule has 0 aliphatic carbocycles. The zero-order valence-corrected chi connectivity index (χ0v) is 18.3. The Hall–Kier alpha value is -1.96. The number of benzene rings is 1. The molecule has 0 atom stereocenters. The first-order valence-corrected chi connectivity index (χ1v) is 11.1. The van der Waals surface area contributed by atoms with Crippen LogP contribution in [0.5, 0.6) is 0 Å². The van der Waals surface area contributed by atoms with E-state index < -0.39 is 0 Å². The fourth-order valence-corrected chi connectivity index (χ4v) is 4.44. The summed E-state index contributed by atoms with van der Waals surface area (Å²) in [6, 6.07) is 5.19. The number of halogens is 2. The van der Waals surface area contributed by atoms with E-state index in [1.54, 1.807) is 23.1 Å². The summed E-state index contributed by atoms with van der Waals surface area (Å²) >= 11 is 13.6. The second-order valence-corrected chi connectivity index (χ2v) is 8.41. The molecule has 0 spiro atoms. The molecule has 0 unspecified atom stereocenters. The number of carbonyl (C=O) groups is 3. The minimum Gasteiger partial charge on any atom is -0.288 e. The second kappa shape index (κ2) is 9.69. The van der Waals surface area contributed by atoms with Gasteiger partial charge in [0.05, 0.1) is 10.7 Å². The summed E-state index contributed by atoms with van der Waals surface area (Å²) in [7, 11) is 0. The van der Waals surface area contributed by atoms with Crippen LogP contribution in [0.3, 0.4) is 0 Å². The fraction of sp³-hybridized carbons (Fsp3) is 0.400. The summed E-state index contributed by atoms with van der Waals surface area (Å²) < 4.78 is 0. The molecule has 6 nitrogen and oxygen atoms in total. The van der Waals surface area contributed by atoms with E-state index >= 15 is 0 Å². The van der Waals surface area contributed by atoms with E-state index in [1.165, 1.54) is 16.2 Å². The molecule has 0 radical (unpaired) electrons. The van der Waals surface area contributed by atoms with Gasteiger partial charge in [0.1, 0.15) is 0 Å². The molecule has 2 heterocycles. The Bertz CT molecular complexity index is 915. The standard InChI is InChI=1S/C20H21Cl2N3O3S/c1-2-3-9-25(19(28)8-10-24-17(26)6-7-18(24)27)20-23-16(12-29-20)14-5-4-13(21)11-15(14)22/h4-5,11-12H,2-3,6-10H2,1H3. The quantitative estimate of drug-likeness (QED) is 0.538. The highest BCUT2D eigenvalue weighted by Gasteiger charge is 2.30. The minimum atomic E-state index is -0.211. The number of carbonyl (C=O) groups excluding carboxylic acids is 3. The SMILES string of the molecule is CCCCN(C(=O)CCN1C(=O)CCC1=O)c1nc(-c2ccc(Cl)cc2Cl)cs1. The molecule has 0 saturated carbocycles. The average Bonchev–Trinajstić information content (AvgIpc) is 3.28.